The van der Waals surface area contributed by atoms with Crippen LogP contribution in [0.15, 0.2) is 46.9 Å². The number of benzene rings is 2. The summed E-state index contributed by atoms with van der Waals surface area (Å²) in [4.78, 5) is 52.2. The van der Waals surface area contributed by atoms with Gasteiger partial charge in [-0.05, 0) is 37.3 Å². The van der Waals surface area contributed by atoms with E-state index in [2.05, 4.69) is 26.2 Å². The van der Waals surface area contributed by atoms with Crippen LogP contribution in [0, 0.1) is 0 Å². The number of halogens is 1. The highest BCUT2D eigenvalue weighted by atomic mass is 79.9. The van der Waals surface area contributed by atoms with Gasteiger partial charge < -0.3 is 14.8 Å². The Bertz CT molecular complexity index is 1180. The number of amides is 1. The van der Waals surface area contributed by atoms with Crippen LogP contribution in [0.2, 0.25) is 0 Å². The molecule has 1 heterocycles. The standard InChI is InChI=1S/C22H19BrN2O6S2/c1-2-30-21(29)14-5-8-16-18(9-14)33-22(24-16)25-19(27)11-32-12-20(28)31-10-17(26)13-3-6-15(23)7-4-13/h3-9H,2,10-12H2,1H3,(H,24,25,27). The van der Waals surface area contributed by atoms with Crippen molar-refractivity contribution in [3.63, 3.8) is 0 Å². The predicted molar refractivity (Wildman–Crippen MR) is 131 cm³/mol. The van der Waals surface area contributed by atoms with Crippen molar-refractivity contribution in [3.8, 4) is 0 Å². The molecule has 0 saturated heterocycles. The monoisotopic (exact) mass is 550 g/mol. The molecule has 1 aromatic heterocycles. The number of nitrogens with one attached hydrogen (secondary N) is 1. The number of hydrogen-bond acceptors (Lipinski definition) is 9. The van der Waals surface area contributed by atoms with Crippen molar-refractivity contribution in [3.05, 3.63) is 58.1 Å². The molecule has 0 aliphatic rings. The van der Waals surface area contributed by atoms with E-state index in [4.69, 9.17) is 9.47 Å². The number of fused-ring (bicyclic) bond motifs is 1. The highest BCUT2D eigenvalue weighted by Crippen LogP contribution is 2.27. The summed E-state index contributed by atoms with van der Waals surface area (Å²) in [6, 6.07) is 11.7. The number of anilines is 1. The van der Waals surface area contributed by atoms with E-state index >= 15 is 0 Å². The maximum atomic E-state index is 12.2. The van der Waals surface area contributed by atoms with Gasteiger partial charge in [0.05, 0.1) is 33.9 Å². The zero-order chi connectivity index (χ0) is 23.8. The Hall–Kier alpha value is -2.76. The van der Waals surface area contributed by atoms with Crippen molar-refractivity contribution in [2.45, 2.75) is 6.92 Å². The van der Waals surface area contributed by atoms with Crippen molar-refractivity contribution in [1.82, 2.24) is 4.98 Å². The van der Waals surface area contributed by atoms with Gasteiger partial charge in [0.15, 0.2) is 17.5 Å². The number of Topliss-reactive ketones (excluding diaryl/α,β-unsaturated/α-hetero) is 1. The second-order valence-corrected chi connectivity index (χ2v) is 9.49. The second-order valence-electron chi connectivity index (χ2n) is 6.55. The Morgan fingerprint density at radius 2 is 1.76 bits per heavy atom. The van der Waals surface area contributed by atoms with Gasteiger partial charge >= 0.3 is 11.9 Å². The first-order chi connectivity index (χ1) is 15.9. The molecule has 33 heavy (non-hydrogen) atoms. The van der Waals surface area contributed by atoms with Crippen LogP contribution >= 0.6 is 39.0 Å². The first kappa shape index (κ1) is 24.9. The zero-order valence-electron chi connectivity index (χ0n) is 17.5. The number of thioether (sulfide) groups is 1. The second kappa shape index (κ2) is 11.9. The van der Waals surface area contributed by atoms with E-state index in [1.54, 1.807) is 49.4 Å². The number of thiazole rings is 1. The summed E-state index contributed by atoms with van der Waals surface area (Å²) in [7, 11) is 0. The molecule has 0 aliphatic heterocycles. The fraction of sp³-hybridized carbons (Fsp3) is 0.227. The van der Waals surface area contributed by atoms with Gasteiger partial charge in [0.2, 0.25) is 5.91 Å². The summed E-state index contributed by atoms with van der Waals surface area (Å²) >= 11 is 5.59. The third kappa shape index (κ3) is 7.37. The molecule has 3 aromatic rings. The summed E-state index contributed by atoms with van der Waals surface area (Å²) in [6.45, 7) is 1.66. The molecule has 0 unspecified atom stereocenters. The number of rotatable bonds is 10. The highest BCUT2D eigenvalue weighted by Gasteiger charge is 2.14. The molecule has 0 aliphatic carbocycles. The SMILES string of the molecule is CCOC(=O)c1ccc2nc(NC(=O)CSCC(=O)OCC(=O)c3ccc(Br)cc3)sc2c1. The highest BCUT2D eigenvalue weighted by molar-refractivity contribution is 9.10. The number of hydrogen-bond donors (Lipinski definition) is 1. The normalized spacial score (nSPS) is 10.6. The average Bonchev–Trinajstić information content (AvgIpc) is 3.19. The van der Waals surface area contributed by atoms with Crippen LogP contribution in [-0.4, -0.2) is 53.3 Å². The van der Waals surface area contributed by atoms with E-state index in [0.717, 1.165) is 20.9 Å². The molecule has 1 N–H and O–H groups in total. The lowest BCUT2D eigenvalue weighted by Gasteiger charge is -2.05. The zero-order valence-corrected chi connectivity index (χ0v) is 20.7. The van der Waals surface area contributed by atoms with E-state index in [0.29, 0.717) is 21.8 Å². The summed E-state index contributed by atoms with van der Waals surface area (Å²) < 4.78 is 11.5. The first-order valence-corrected chi connectivity index (χ1v) is 12.5. The summed E-state index contributed by atoms with van der Waals surface area (Å²) in [6.07, 6.45) is 0. The molecule has 0 radical (unpaired) electrons. The maximum absolute atomic E-state index is 12.2. The minimum atomic E-state index is -0.579. The molecule has 11 heteroatoms. The maximum Gasteiger partial charge on any atom is 0.338 e. The lowest BCUT2D eigenvalue weighted by molar-refractivity contribution is -0.139. The molecular weight excluding hydrogens is 532 g/mol. The number of aromatic nitrogens is 1. The topological polar surface area (TPSA) is 112 Å². The molecule has 0 atom stereocenters. The van der Waals surface area contributed by atoms with Crippen LogP contribution in [0.25, 0.3) is 10.2 Å². The van der Waals surface area contributed by atoms with Gasteiger partial charge in [-0.25, -0.2) is 9.78 Å². The van der Waals surface area contributed by atoms with Gasteiger partial charge in [-0.2, -0.15) is 0 Å². The van der Waals surface area contributed by atoms with Crippen molar-refractivity contribution < 1.29 is 28.7 Å². The quantitative estimate of drug-likeness (QED) is 0.293. The third-order valence-corrected chi connectivity index (χ3v) is 6.50. The van der Waals surface area contributed by atoms with Crippen LogP contribution in [-0.2, 0) is 19.1 Å². The van der Waals surface area contributed by atoms with Crippen molar-refractivity contribution in [2.75, 3.05) is 30.0 Å². The molecule has 0 spiro atoms. The van der Waals surface area contributed by atoms with Gasteiger partial charge in [0.1, 0.15) is 0 Å². The number of carbonyl (C=O) groups excluding carboxylic acids is 4. The number of ether oxygens (including phenoxy) is 2. The van der Waals surface area contributed by atoms with Crippen LogP contribution in [0.1, 0.15) is 27.6 Å². The Kier molecular flexibility index (Phi) is 8.98. The Morgan fingerprint density at radius 3 is 2.48 bits per heavy atom. The van der Waals surface area contributed by atoms with Crippen molar-refractivity contribution in [2.24, 2.45) is 0 Å². The number of ketones is 1. The first-order valence-electron chi connectivity index (χ1n) is 9.75. The van der Waals surface area contributed by atoms with Crippen LogP contribution < -0.4 is 5.32 Å². The van der Waals surface area contributed by atoms with Gasteiger partial charge in [-0.1, -0.05) is 39.4 Å². The fourth-order valence-electron chi connectivity index (χ4n) is 2.61. The summed E-state index contributed by atoms with van der Waals surface area (Å²) in [5.41, 5.74) is 1.51. The molecule has 0 bridgehead atoms. The summed E-state index contributed by atoms with van der Waals surface area (Å²) in [5, 5.41) is 3.06. The molecule has 1 amide bonds. The van der Waals surface area contributed by atoms with Gasteiger partial charge in [0, 0.05) is 10.0 Å². The van der Waals surface area contributed by atoms with E-state index in [9.17, 15) is 19.2 Å². The lowest BCUT2D eigenvalue weighted by atomic mass is 10.1. The molecule has 3 rings (SSSR count). The van der Waals surface area contributed by atoms with Gasteiger partial charge in [-0.3, -0.25) is 14.4 Å². The number of carbonyl (C=O) groups is 4. The van der Waals surface area contributed by atoms with Crippen molar-refractivity contribution >= 4 is 78.0 Å². The van der Waals surface area contributed by atoms with Crippen LogP contribution in [0.5, 0.6) is 0 Å². The Labute approximate surface area is 206 Å². The van der Waals surface area contributed by atoms with Crippen LogP contribution in [0.3, 0.4) is 0 Å². The molecule has 0 fully saturated rings. The fourth-order valence-corrected chi connectivity index (χ4v) is 4.40. The molecule has 8 nitrogen and oxygen atoms in total. The van der Waals surface area contributed by atoms with E-state index < -0.39 is 11.9 Å². The minimum Gasteiger partial charge on any atom is -0.462 e. The van der Waals surface area contributed by atoms with Crippen LogP contribution in [0.4, 0.5) is 5.13 Å². The molecule has 2 aromatic carbocycles. The number of esters is 2. The predicted octanol–water partition coefficient (Wildman–Crippen LogP) is 4.33. The van der Waals surface area contributed by atoms with E-state index in [1.165, 1.54) is 11.3 Å². The van der Waals surface area contributed by atoms with E-state index in [-0.39, 0.29) is 36.4 Å². The van der Waals surface area contributed by atoms with Gasteiger partial charge in [0.25, 0.3) is 0 Å². The molecule has 0 saturated carbocycles. The largest absolute Gasteiger partial charge is 0.462 e. The Morgan fingerprint density at radius 1 is 1.03 bits per heavy atom. The summed E-state index contributed by atoms with van der Waals surface area (Å²) in [5.74, 6) is -1.68. The van der Waals surface area contributed by atoms with Gasteiger partial charge in [-0.15, -0.1) is 11.8 Å². The third-order valence-electron chi connectivity index (χ3n) is 4.13. The van der Waals surface area contributed by atoms with Crippen molar-refractivity contribution in [1.29, 1.82) is 0 Å². The number of nitrogens with zero attached hydrogens (tertiary/aromatic N) is 1. The van der Waals surface area contributed by atoms with E-state index in [1.807, 2.05) is 0 Å². The average molecular weight is 551 g/mol. The molecular formula is C22H19BrN2O6S2. The minimum absolute atomic E-state index is 0.0137. The Balaban J connectivity index is 1.42. The lowest BCUT2D eigenvalue weighted by Crippen LogP contribution is -2.18. The smallest absolute Gasteiger partial charge is 0.338 e. The molecule has 172 valence electrons.